The molecule has 0 radical (unpaired) electrons. The highest BCUT2D eigenvalue weighted by molar-refractivity contribution is 7.89. The average molecular weight is 336 g/mol. The second-order valence-corrected chi connectivity index (χ2v) is 7.38. The SMILES string of the molecule is Cl.Cn1cc(S(=O)(=O)N2CCC(N3CCNCC3)C2)cn1. The Labute approximate surface area is 131 Å². The molecule has 2 saturated heterocycles. The smallest absolute Gasteiger partial charge is 0.246 e. The molecule has 1 unspecified atom stereocenters. The molecule has 7 nitrogen and oxygen atoms in total. The van der Waals surface area contributed by atoms with E-state index in [0.717, 1.165) is 32.6 Å². The van der Waals surface area contributed by atoms with E-state index in [-0.39, 0.29) is 12.4 Å². The van der Waals surface area contributed by atoms with Crippen LogP contribution in [0.1, 0.15) is 6.42 Å². The van der Waals surface area contributed by atoms with Gasteiger partial charge in [0.25, 0.3) is 0 Å². The lowest BCUT2D eigenvalue weighted by atomic mass is 10.2. The predicted molar refractivity (Wildman–Crippen MR) is 82.1 cm³/mol. The summed E-state index contributed by atoms with van der Waals surface area (Å²) in [4.78, 5) is 2.69. The van der Waals surface area contributed by atoms with E-state index in [9.17, 15) is 8.42 Å². The topological polar surface area (TPSA) is 70.5 Å². The van der Waals surface area contributed by atoms with Gasteiger partial charge < -0.3 is 5.32 Å². The van der Waals surface area contributed by atoms with Crippen molar-refractivity contribution in [1.82, 2.24) is 24.3 Å². The Kier molecular flexibility index (Phi) is 5.26. The zero-order valence-electron chi connectivity index (χ0n) is 12.1. The first-order valence-corrected chi connectivity index (χ1v) is 8.45. The molecule has 2 aliphatic heterocycles. The molecule has 1 atom stereocenters. The third-order valence-electron chi connectivity index (χ3n) is 4.11. The minimum atomic E-state index is -3.38. The molecule has 2 fully saturated rings. The third-order valence-corrected chi connectivity index (χ3v) is 5.93. The van der Waals surface area contributed by atoms with Gasteiger partial charge in [0.15, 0.2) is 0 Å². The maximum absolute atomic E-state index is 12.5. The largest absolute Gasteiger partial charge is 0.314 e. The maximum Gasteiger partial charge on any atom is 0.246 e. The fraction of sp³-hybridized carbons (Fsp3) is 0.750. The van der Waals surface area contributed by atoms with Gasteiger partial charge in [0, 0.05) is 58.6 Å². The summed E-state index contributed by atoms with van der Waals surface area (Å²) in [5, 5.41) is 7.28. The molecule has 3 heterocycles. The lowest BCUT2D eigenvalue weighted by Crippen LogP contribution is -2.49. The van der Waals surface area contributed by atoms with Crippen LogP contribution in [0.2, 0.25) is 0 Å². The van der Waals surface area contributed by atoms with Crippen LogP contribution in [0.25, 0.3) is 0 Å². The van der Waals surface area contributed by atoms with Gasteiger partial charge in [-0.1, -0.05) is 0 Å². The molecule has 0 aliphatic carbocycles. The number of hydrogen-bond donors (Lipinski definition) is 1. The quantitative estimate of drug-likeness (QED) is 0.807. The van der Waals surface area contributed by atoms with Gasteiger partial charge in [-0.2, -0.15) is 9.40 Å². The van der Waals surface area contributed by atoms with E-state index < -0.39 is 10.0 Å². The number of halogens is 1. The molecule has 0 saturated carbocycles. The molecule has 0 bridgehead atoms. The van der Waals surface area contributed by atoms with Crippen molar-refractivity contribution in [3.8, 4) is 0 Å². The monoisotopic (exact) mass is 335 g/mol. The summed E-state index contributed by atoms with van der Waals surface area (Å²) in [5.74, 6) is 0. The highest BCUT2D eigenvalue weighted by atomic mass is 35.5. The number of rotatable bonds is 3. The van der Waals surface area contributed by atoms with Crippen molar-refractivity contribution >= 4 is 22.4 Å². The lowest BCUT2D eigenvalue weighted by Gasteiger charge is -2.32. The van der Waals surface area contributed by atoms with Crippen LogP contribution >= 0.6 is 12.4 Å². The normalized spacial score (nSPS) is 24.9. The van der Waals surface area contributed by atoms with Gasteiger partial charge in [0.1, 0.15) is 4.90 Å². The Morgan fingerprint density at radius 3 is 2.62 bits per heavy atom. The van der Waals surface area contributed by atoms with Crippen LogP contribution < -0.4 is 5.32 Å². The van der Waals surface area contributed by atoms with E-state index in [1.807, 2.05) is 0 Å². The van der Waals surface area contributed by atoms with Crippen LogP contribution in [0.5, 0.6) is 0 Å². The molecule has 9 heteroatoms. The third kappa shape index (κ3) is 3.40. The van der Waals surface area contributed by atoms with E-state index in [1.165, 1.54) is 10.9 Å². The first kappa shape index (κ1) is 16.7. The molecular formula is C12H22ClN5O2S. The number of piperazine rings is 1. The first-order valence-electron chi connectivity index (χ1n) is 7.01. The van der Waals surface area contributed by atoms with E-state index >= 15 is 0 Å². The van der Waals surface area contributed by atoms with Crippen LogP contribution in [-0.4, -0.2) is 72.7 Å². The molecule has 2 aliphatic rings. The van der Waals surface area contributed by atoms with Gasteiger partial charge in [-0.3, -0.25) is 9.58 Å². The summed E-state index contributed by atoms with van der Waals surface area (Å²) >= 11 is 0. The number of sulfonamides is 1. The summed E-state index contributed by atoms with van der Waals surface area (Å²) < 4.78 is 28.2. The van der Waals surface area contributed by atoms with E-state index in [4.69, 9.17) is 0 Å². The molecule has 1 aromatic rings. The first-order chi connectivity index (χ1) is 9.57. The predicted octanol–water partition coefficient (Wildman–Crippen LogP) is -0.490. The van der Waals surface area contributed by atoms with Crippen molar-refractivity contribution in [3.05, 3.63) is 12.4 Å². The summed E-state index contributed by atoms with van der Waals surface area (Å²) in [7, 11) is -1.65. The van der Waals surface area contributed by atoms with E-state index in [1.54, 1.807) is 17.5 Å². The Bertz CT molecular complexity index is 570. The number of nitrogens with one attached hydrogen (secondary N) is 1. The second-order valence-electron chi connectivity index (χ2n) is 5.44. The van der Waals surface area contributed by atoms with Crippen molar-refractivity contribution in [2.45, 2.75) is 17.4 Å². The molecule has 0 aromatic carbocycles. The number of aromatic nitrogens is 2. The van der Waals surface area contributed by atoms with Gasteiger partial charge in [-0.15, -0.1) is 12.4 Å². The van der Waals surface area contributed by atoms with Gasteiger partial charge in [-0.05, 0) is 6.42 Å². The summed E-state index contributed by atoms with van der Waals surface area (Å²) in [6, 6.07) is 0.351. The van der Waals surface area contributed by atoms with Crippen molar-refractivity contribution in [2.24, 2.45) is 7.05 Å². The average Bonchev–Trinajstić information content (AvgIpc) is 3.09. The molecule has 120 valence electrons. The van der Waals surface area contributed by atoms with Crippen molar-refractivity contribution < 1.29 is 8.42 Å². The summed E-state index contributed by atoms with van der Waals surface area (Å²) in [5.41, 5.74) is 0. The molecular weight excluding hydrogens is 314 g/mol. The van der Waals surface area contributed by atoms with Crippen molar-refractivity contribution in [1.29, 1.82) is 0 Å². The number of hydrogen-bond acceptors (Lipinski definition) is 5. The Morgan fingerprint density at radius 2 is 2.00 bits per heavy atom. The minimum absolute atomic E-state index is 0. The van der Waals surface area contributed by atoms with Crippen LogP contribution in [0.15, 0.2) is 17.3 Å². The van der Waals surface area contributed by atoms with Crippen LogP contribution in [0.4, 0.5) is 0 Å². The van der Waals surface area contributed by atoms with Crippen LogP contribution in [0, 0.1) is 0 Å². The maximum atomic E-state index is 12.5. The van der Waals surface area contributed by atoms with Crippen LogP contribution in [-0.2, 0) is 17.1 Å². The fourth-order valence-electron chi connectivity index (χ4n) is 2.96. The Balaban J connectivity index is 0.00000161. The van der Waals surface area contributed by atoms with Crippen LogP contribution in [0.3, 0.4) is 0 Å². The summed E-state index contributed by atoms with van der Waals surface area (Å²) in [6.45, 7) is 5.19. The molecule has 0 spiro atoms. The minimum Gasteiger partial charge on any atom is -0.314 e. The molecule has 1 N–H and O–H groups in total. The van der Waals surface area contributed by atoms with Gasteiger partial charge >= 0.3 is 0 Å². The van der Waals surface area contributed by atoms with Gasteiger partial charge in [0.05, 0.1) is 6.20 Å². The second kappa shape index (κ2) is 6.62. The van der Waals surface area contributed by atoms with E-state index in [0.29, 0.717) is 24.0 Å². The van der Waals surface area contributed by atoms with E-state index in [2.05, 4.69) is 15.3 Å². The van der Waals surface area contributed by atoms with Crippen molar-refractivity contribution in [2.75, 3.05) is 39.3 Å². The standard InChI is InChI=1S/C12H21N5O2S.ClH/c1-15-10-12(8-14-15)20(18,19)17-5-2-11(9-17)16-6-3-13-4-7-16;/h8,10-11,13H,2-7,9H2,1H3;1H. The number of nitrogens with zero attached hydrogens (tertiary/aromatic N) is 4. The zero-order chi connectivity index (χ0) is 14.2. The van der Waals surface area contributed by atoms with Gasteiger partial charge in [-0.25, -0.2) is 8.42 Å². The Morgan fingerprint density at radius 1 is 1.29 bits per heavy atom. The fourth-order valence-corrected chi connectivity index (χ4v) is 4.43. The molecule has 0 amide bonds. The lowest BCUT2D eigenvalue weighted by molar-refractivity contribution is 0.179. The Hall–Kier alpha value is -0.670. The number of aryl methyl sites for hydroxylation is 1. The zero-order valence-corrected chi connectivity index (χ0v) is 13.7. The molecule has 1 aromatic heterocycles. The highest BCUT2D eigenvalue weighted by Crippen LogP contribution is 2.23. The molecule has 21 heavy (non-hydrogen) atoms. The highest BCUT2D eigenvalue weighted by Gasteiger charge is 2.35. The van der Waals surface area contributed by atoms with Gasteiger partial charge in [0.2, 0.25) is 10.0 Å². The molecule has 3 rings (SSSR count). The van der Waals surface area contributed by atoms with Crippen molar-refractivity contribution in [3.63, 3.8) is 0 Å². The summed E-state index contributed by atoms with van der Waals surface area (Å²) in [6.07, 6.45) is 3.90.